The lowest BCUT2D eigenvalue weighted by atomic mass is 10.2. The van der Waals surface area contributed by atoms with Gasteiger partial charge in [0.25, 0.3) is 5.91 Å². The van der Waals surface area contributed by atoms with E-state index >= 15 is 0 Å². The summed E-state index contributed by atoms with van der Waals surface area (Å²) in [4.78, 5) is 17.3. The van der Waals surface area contributed by atoms with Gasteiger partial charge in [0.2, 0.25) is 0 Å². The molecule has 4 rings (SSSR count). The fourth-order valence-electron chi connectivity index (χ4n) is 3.01. The highest BCUT2D eigenvalue weighted by atomic mass is 32.2. The summed E-state index contributed by atoms with van der Waals surface area (Å²) >= 11 is 1.27. The Labute approximate surface area is 190 Å². The number of amides is 1. The van der Waals surface area contributed by atoms with Crippen molar-refractivity contribution >= 4 is 40.8 Å². The van der Waals surface area contributed by atoms with Gasteiger partial charge >= 0.3 is 0 Å². The number of hydrogen-bond donors (Lipinski definition) is 1. The minimum Gasteiger partial charge on any atom is -0.508 e. The number of phenols is 1. The quantitative estimate of drug-likeness (QED) is 0.341. The number of thioether (sulfide) groups is 1. The molecule has 0 atom stereocenters. The number of rotatable bonds is 6. The third kappa shape index (κ3) is 5.09. The average molecular weight is 447 g/mol. The molecule has 1 aromatic heterocycles. The molecular formula is C24H22N4O3S. The molecule has 3 aromatic rings. The van der Waals surface area contributed by atoms with E-state index in [0.29, 0.717) is 15.8 Å². The fourth-order valence-corrected chi connectivity index (χ4v) is 3.94. The largest absolute Gasteiger partial charge is 0.508 e. The van der Waals surface area contributed by atoms with Crippen LogP contribution in [0.5, 0.6) is 5.75 Å². The van der Waals surface area contributed by atoms with Crippen LogP contribution in [-0.2, 0) is 11.3 Å². The van der Waals surface area contributed by atoms with Crippen LogP contribution >= 0.6 is 11.8 Å². The Morgan fingerprint density at radius 1 is 1.06 bits per heavy atom. The highest BCUT2D eigenvalue weighted by Gasteiger charge is 2.34. The van der Waals surface area contributed by atoms with E-state index in [1.807, 2.05) is 55.4 Å². The second-order valence-electron chi connectivity index (χ2n) is 7.29. The first-order chi connectivity index (χ1) is 15.5. The Hall–Kier alpha value is -3.78. The van der Waals surface area contributed by atoms with Crippen molar-refractivity contribution in [3.05, 3.63) is 88.7 Å². The van der Waals surface area contributed by atoms with E-state index in [2.05, 4.69) is 10.2 Å². The van der Waals surface area contributed by atoms with Gasteiger partial charge in [0, 0.05) is 19.8 Å². The van der Waals surface area contributed by atoms with Crippen molar-refractivity contribution in [2.45, 2.75) is 6.54 Å². The number of carbonyl (C=O) groups is 1. The second-order valence-corrected chi connectivity index (χ2v) is 8.30. The topological polar surface area (TPSA) is 81.6 Å². The summed E-state index contributed by atoms with van der Waals surface area (Å²) in [5, 5.41) is 18.3. The first-order valence-corrected chi connectivity index (χ1v) is 10.7. The van der Waals surface area contributed by atoms with Gasteiger partial charge in [-0.3, -0.25) is 9.69 Å². The standard InChI is InChI=1S/C24H22N4O3S/c1-27(2)19-9-5-17(6-10-19)14-22-23(30)28(16-21-4-3-13-31-21)24(32-22)26-25-15-18-7-11-20(29)12-8-18/h3-15,29H,16H2,1-2H3/b22-14-,25-15-,26-24+. The van der Waals surface area contributed by atoms with Crippen LogP contribution in [0, 0.1) is 0 Å². The SMILES string of the molecule is CN(C)c1ccc(/C=C2\S/C(=N/N=C\c3ccc(O)cc3)N(Cc3ccco3)C2=O)cc1. The van der Waals surface area contributed by atoms with E-state index < -0.39 is 0 Å². The Balaban J connectivity index is 1.59. The maximum atomic E-state index is 13.1. The predicted octanol–water partition coefficient (Wildman–Crippen LogP) is 4.56. The van der Waals surface area contributed by atoms with E-state index in [9.17, 15) is 9.90 Å². The predicted molar refractivity (Wildman–Crippen MR) is 129 cm³/mol. The molecule has 1 fully saturated rings. The van der Waals surface area contributed by atoms with Crippen molar-refractivity contribution in [2.24, 2.45) is 10.2 Å². The normalized spacial score (nSPS) is 16.6. The van der Waals surface area contributed by atoms with E-state index in [4.69, 9.17) is 4.42 Å². The molecule has 8 heteroatoms. The fraction of sp³-hybridized carbons (Fsp3) is 0.125. The van der Waals surface area contributed by atoms with Crippen LogP contribution in [-0.4, -0.2) is 41.4 Å². The van der Waals surface area contributed by atoms with E-state index in [1.165, 1.54) is 11.8 Å². The number of amidine groups is 1. The molecule has 0 radical (unpaired) electrons. The second kappa shape index (κ2) is 9.57. The van der Waals surface area contributed by atoms with Crippen LogP contribution < -0.4 is 4.90 Å². The Morgan fingerprint density at radius 3 is 2.44 bits per heavy atom. The molecular weight excluding hydrogens is 424 g/mol. The van der Waals surface area contributed by atoms with Crippen molar-refractivity contribution in [3.63, 3.8) is 0 Å². The average Bonchev–Trinajstić information content (AvgIpc) is 3.40. The number of aromatic hydroxyl groups is 1. The number of hydrogen-bond acceptors (Lipinski definition) is 7. The molecule has 0 saturated carbocycles. The summed E-state index contributed by atoms with van der Waals surface area (Å²) in [6, 6.07) is 18.2. The highest BCUT2D eigenvalue weighted by Crippen LogP contribution is 2.34. The molecule has 1 saturated heterocycles. The number of anilines is 1. The first kappa shape index (κ1) is 21.5. The maximum absolute atomic E-state index is 13.1. The van der Waals surface area contributed by atoms with Gasteiger partial charge in [0.05, 0.1) is 23.9 Å². The number of carbonyl (C=O) groups excluding carboxylic acids is 1. The molecule has 0 bridgehead atoms. The van der Waals surface area contributed by atoms with Crippen LogP contribution in [0.2, 0.25) is 0 Å². The van der Waals surface area contributed by atoms with Crippen LogP contribution in [0.3, 0.4) is 0 Å². The van der Waals surface area contributed by atoms with Gasteiger partial charge in [-0.1, -0.05) is 12.1 Å². The summed E-state index contributed by atoms with van der Waals surface area (Å²) in [6.45, 7) is 0.267. The Morgan fingerprint density at radius 2 is 1.78 bits per heavy atom. The van der Waals surface area contributed by atoms with Crippen molar-refractivity contribution in [2.75, 3.05) is 19.0 Å². The number of nitrogens with zero attached hydrogens (tertiary/aromatic N) is 4. The van der Waals surface area contributed by atoms with E-state index in [-0.39, 0.29) is 18.2 Å². The molecule has 1 aliphatic heterocycles. The van der Waals surface area contributed by atoms with Crippen molar-refractivity contribution < 1.29 is 14.3 Å². The Bertz CT molecular complexity index is 1160. The summed E-state index contributed by atoms with van der Waals surface area (Å²) < 4.78 is 5.42. The third-order valence-corrected chi connectivity index (χ3v) is 5.73. The van der Waals surface area contributed by atoms with E-state index in [0.717, 1.165) is 16.8 Å². The highest BCUT2D eigenvalue weighted by molar-refractivity contribution is 8.18. The van der Waals surface area contributed by atoms with Gasteiger partial charge in [-0.05, 0) is 77.5 Å². The lowest BCUT2D eigenvalue weighted by Crippen LogP contribution is -2.28. The summed E-state index contributed by atoms with van der Waals surface area (Å²) in [5.41, 5.74) is 2.80. The van der Waals surface area contributed by atoms with Crippen LogP contribution in [0.25, 0.3) is 6.08 Å². The molecule has 0 unspecified atom stereocenters. The number of benzene rings is 2. The third-order valence-electron chi connectivity index (χ3n) is 4.73. The molecule has 1 amide bonds. The van der Waals surface area contributed by atoms with Crippen molar-refractivity contribution in [3.8, 4) is 5.75 Å². The maximum Gasteiger partial charge on any atom is 0.267 e. The van der Waals surface area contributed by atoms with Crippen LogP contribution in [0.1, 0.15) is 16.9 Å². The number of phenolic OH excluding ortho intramolecular Hbond substituents is 1. The molecule has 7 nitrogen and oxygen atoms in total. The zero-order valence-electron chi connectivity index (χ0n) is 17.7. The molecule has 162 valence electrons. The zero-order chi connectivity index (χ0) is 22.5. The van der Waals surface area contributed by atoms with Crippen LogP contribution in [0.4, 0.5) is 5.69 Å². The molecule has 0 aliphatic carbocycles. The van der Waals surface area contributed by atoms with Gasteiger partial charge in [-0.2, -0.15) is 5.10 Å². The van der Waals surface area contributed by atoms with Gasteiger partial charge in [0.15, 0.2) is 5.17 Å². The summed E-state index contributed by atoms with van der Waals surface area (Å²) in [6.07, 6.45) is 5.00. The minimum absolute atomic E-state index is 0.151. The molecule has 32 heavy (non-hydrogen) atoms. The lowest BCUT2D eigenvalue weighted by molar-refractivity contribution is -0.122. The molecule has 2 heterocycles. The molecule has 2 aromatic carbocycles. The Kier molecular flexibility index (Phi) is 6.42. The lowest BCUT2D eigenvalue weighted by Gasteiger charge is -2.12. The van der Waals surface area contributed by atoms with Crippen molar-refractivity contribution in [1.82, 2.24) is 4.90 Å². The molecule has 1 N–H and O–H groups in total. The van der Waals surface area contributed by atoms with Gasteiger partial charge in [0.1, 0.15) is 11.5 Å². The molecule has 0 spiro atoms. The van der Waals surface area contributed by atoms with Gasteiger partial charge in [-0.15, -0.1) is 5.10 Å². The summed E-state index contributed by atoms with van der Waals surface area (Å²) in [7, 11) is 3.97. The smallest absolute Gasteiger partial charge is 0.267 e. The van der Waals surface area contributed by atoms with E-state index in [1.54, 1.807) is 47.7 Å². The minimum atomic E-state index is -0.151. The van der Waals surface area contributed by atoms with Gasteiger partial charge in [-0.25, -0.2) is 0 Å². The van der Waals surface area contributed by atoms with Crippen LogP contribution in [0.15, 0.2) is 86.5 Å². The summed E-state index contributed by atoms with van der Waals surface area (Å²) in [5.74, 6) is 0.691. The van der Waals surface area contributed by atoms with Gasteiger partial charge < -0.3 is 14.4 Å². The van der Waals surface area contributed by atoms with Crippen molar-refractivity contribution in [1.29, 1.82) is 0 Å². The number of furan rings is 1. The molecule has 1 aliphatic rings. The monoisotopic (exact) mass is 446 g/mol. The zero-order valence-corrected chi connectivity index (χ0v) is 18.5. The first-order valence-electron chi connectivity index (χ1n) is 9.91.